The lowest BCUT2D eigenvalue weighted by Gasteiger charge is -2.42. The van der Waals surface area contributed by atoms with Crippen molar-refractivity contribution in [2.45, 2.75) is 37.1 Å². The summed E-state index contributed by atoms with van der Waals surface area (Å²) in [5.41, 5.74) is 0.924. The molecule has 170 valence electrons. The fourth-order valence-corrected chi connectivity index (χ4v) is 5.28. The number of carbonyl (C=O) groups excluding carboxylic acids is 2. The van der Waals surface area contributed by atoms with Gasteiger partial charge in [-0.05, 0) is 48.7 Å². The lowest BCUT2D eigenvalue weighted by Crippen LogP contribution is -2.53. The van der Waals surface area contributed by atoms with Crippen molar-refractivity contribution in [2.75, 3.05) is 20.1 Å². The van der Waals surface area contributed by atoms with Crippen molar-refractivity contribution < 1.29 is 14.0 Å². The number of hydrogen-bond acceptors (Lipinski definition) is 4. The Morgan fingerprint density at radius 1 is 1.15 bits per heavy atom. The first-order chi connectivity index (χ1) is 16.0. The van der Waals surface area contributed by atoms with Gasteiger partial charge in [-0.2, -0.15) is 5.10 Å². The standard InChI is InChI=1S/C25H26FN5O2/c1-29-23(32)5-2-3-12-25(29)17-30(16-21(25)18-6-9-20(26)10-7-18)24(33)19-8-11-22(27-15-19)31-14-4-13-28-31/h4,6-11,13-15,21H,2-3,5,12,16-17H2,1H3/t21-,25+/m0/s1. The molecule has 1 aromatic carbocycles. The van der Waals surface area contributed by atoms with Crippen LogP contribution < -0.4 is 0 Å². The molecule has 2 aliphatic rings. The lowest BCUT2D eigenvalue weighted by atomic mass is 9.78. The minimum atomic E-state index is -0.510. The Labute approximate surface area is 191 Å². The fourth-order valence-electron chi connectivity index (χ4n) is 5.28. The number of likely N-dealkylation sites (tertiary alicyclic amines) is 2. The summed E-state index contributed by atoms with van der Waals surface area (Å²) < 4.78 is 15.3. The van der Waals surface area contributed by atoms with Gasteiger partial charge in [0.1, 0.15) is 5.82 Å². The third-order valence-electron chi connectivity index (χ3n) is 7.10. The van der Waals surface area contributed by atoms with Crippen molar-refractivity contribution in [1.29, 1.82) is 0 Å². The predicted octanol–water partition coefficient (Wildman–Crippen LogP) is 3.42. The van der Waals surface area contributed by atoms with Crippen molar-refractivity contribution >= 4 is 11.8 Å². The molecule has 2 atom stereocenters. The Hall–Kier alpha value is -3.55. The molecule has 0 N–H and O–H groups in total. The van der Waals surface area contributed by atoms with Gasteiger partial charge >= 0.3 is 0 Å². The van der Waals surface area contributed by atoms with E-state index in [0.29, 0.717) is 30.9 Å². The zero-order chi connectivity index (χ0) is 23.0. The van der Waals surface area contributed by atoms with E-state index in [9.17, 15) is 14.0 Å². The van der Waals surface area contributed by atoms with Crippen molar-refractivity contribution in [3.8, 4) is 5.82 Å². The molecule has 7 nitrogen and oxygen atoms in total. The average Bonchev–Trinajstić information content (AvgIpc) is 3.48. The Morgan fingerprint density at radius 2 is 1.97 bits per heavy atom. The van der Waals surface area contributed by atoms with Crippen molar-refractivity contribution in [2.24, 2.45) is 0 Å². The maximum atomic E-state index is 13.6. The number of carbonyl (C=O) groups is 2. The summed E-state index contributed by atoms with van der Waals surface area (Å²) in [6.07, 6.45) is 8.10. The van der Waals surface area contributed by atoms with Gasteiger partial charge in [-0.3, -0.25) is 9.59 Å². The zero-order valence-electron chi connectivity index (χ0n) is 18.5. The summed E-state index contributed by atoms with van der Waals surface area (Å²) in [6, 6.07) is 11.8. The minimum Gasteiger partial charge on any atom is -0.338 e. The first-order valence-electron chi connectivity index (χ1n) is 11.3. The molecule has 1 spiro atoms. The molecular formula is C25H26FN5O2. The van der Waals surface area contributed by atoms with Crippen LogP contribution in [-0.4, -0.2) is 62.1 Å². The molecule has 2 amide bonds. The van der Waals surface area contributed by atoms with Crippen LogP contribution in [0, 0.1) is 5.82 Å². The monoisotopic (exact) mass is 447 g/mol. The third kappa shape index (κ3) is 3.79. The van der Waals surface area contributed by atoms with Gasteiger partial charge in [0, 0.05) is 51.1 Å². The first kappa shape index (κ1) is 21.3. The van der Waals surface area contributed by atoms with Gasteiger partial charge < -0.3 is 9.80 Å². The average molecular weight is 448 g/mol. The summed E-state index contributed by atoms with van der Waals surface area (Å²) >= 11 is 0. The fraction of sp³-hybridized carbons (Fsp3) is 0.360. The number of aromatic nitrogens is 3. The van der Waals surface area contributed by atoms with Gasteiger partial charge in [0.25, 0.3) is 5.91 Å². The molecule has 2 fully saturated rings. The number of amides is 2. The van der Waals surface area contributed by atoms with Crippen molar-refractivity contribution in [3.05, 3.63) is 78.0 Å². The molecule has 3 aromatic rings. The summed E-state index contributed by atoms with van der Waals surface area (Å²) in [7, 11) is 1.85. The van der Waals surface area contributed by atoms with E-state index in [0.717, 1.165) is 24.8 Å². The highest BCUT2D eigenvalue weighted by Gasteiger charge is 2.52. The molecule has 2 aliphatic heterocycles. The van der Waals surface area contributed by atoms with Gasteiger partial charge in [0.05, 0.1) is 11.1 Å². The molecule has 4 heterocycles. The second-order valence-electron chi connectivity index (χ2n) is 8.91. The van der Waals surface area contributed by atoms with Crippen LogP contribution in [0.25, 0.3) is 5.82 Å². The van der Waals surface area contributed by atoms with E-state index < -0.39 is 5.54 Å². The topological polar surface area (TPSA) is 71.3 Å². The SMILES string of the molecule is CN1C(=O)CCCC[C@]12CN(C(=O)c1ccc(-n3cccn3)nc1)C[C@H]2c1ccc(F)cc1. The highest BCUT2D eigenvalue weighted by atomic mass is 19.1. The van der Waals surface area contributed by atoms with Crippen LogP contribution in [-0.2, 0) is 4.79 Å². The molecule has 0 unspecified atom stereocenters. The number of benzene rings is 1. The molecule has 2 saturated heterocycles. The van der Waals surface area contributed by atoms with E-state index in [1.54, 1.807) is 47.5 Å². The molecular weight excluding hydrogens is 421 g/mol. The van der Waals surface area contributed by atoms with Gasteiger partial charge in [-0.1, -0.05) is 18.6 Å². The molecule has 0 aliphatic carbocycles. The summed E-state index contributed by atoms with van der Waals surface area (Å²) in [6.45, 7) is 0.903. The smallest absolute Gasteiger partial charge is 0.255 e. The molecule has 0 bridgehead atoms. The Morgan fingerprint density at radius 3 is 2.67 bits per heavy atom. The van der Waals surface area contributed by atoms with E-state index in [-0.39, 0.29) is 23.5 Å². The number of rotatable bonds is 3. The predicted molar refractivity (Wildman–Crippen MR) is 120 cm³/mol. The van der Waals surface area contributed by atoms with E-state index in [1.165, 1.54) is 12.1 Å². The van der Waals surface area contributed by atoms with E-state index in [2.05, 4.69) is 10.1 Å². The van der Waals surface area contributed by atoms with Gasteiger partial charge in [-0.25, -0.2) is 14.1 Å². The number of hydrogen-bond donors (Lipinski definition) is 0. The lowest BCUT2D eigenvalue weighted by molar-refractivity contribution is -0.134. The second-order valence-corrected chi connectivity index (χ2v) is 8.91. The maximum absolute atomic E-state index is 13.6. The number of pyridine rings is 1. The van der Waals surface area contributed by atoms with Crippen LogP contribution in [0.2, 0.25) is 0 Å². The summed E-state index contributed by atoms with van der Waals surface area (Å²) in [5.74, 6) is 0.216. The Bertz CT molecular complexity index is 1150. The molecule has 33 heavy (non-hydrogen) atoms. The van der Waals surface area contributed by atoms with Gasteiger partial charge in [-0.15, -0.1) is 0 Å². The largest absolute Gasteiger partial charge is 0.338 e. The second kappa shape index (κ2) is 8.42. The normalized spacial score (nSPS) is 23.2. The molecule has 0 saturated carbocycles. The molecule has 8 heteroatoms. The number of likely N-dealkylation sites (N-methyl/N-ethyl adjacent to an activating group) is 1. The van der Waals surface area contributed by atoms with Gasteiger partial charge in [0.15, 0.2) is 5.82 Å². The zero-order valence-corrected chi connectivity index (χ0v) is 18.5. The van der Waals surface area contributed by atoms with Crippen molar-refractivity contribution in [1.82, 2.24) is 24.6 Å². The van der Waals surface area contributed by atoms with Gasteiger partial charge in [0.2, 0.25) is 5.91 Å². The highest BCUT2D eigenvalue weighted by Crippen LogP contribution is 2.45. The van der Waals surface area contributed by atoms with E-state index in [4.69, 9.17) is 0 Å². The maximum Gasteiger partial charge on any atom is 0.255 e. The van der Waals surface area contributed by atoms with Crippen molar-refractivity contribution in [3.63, 3.8) is 0 Å². The quantitative estimate of drug-likeness (QED) is 0.617. The highest BCUT2D eigenvalue weighted by molar-refractivity contribution is 5.94. The van der Waals surface area contributed by atoms with E-state index >= 15 is 0 Å². The number of halogens is 1. The summed E-state index contributed by atoms with van der Waals surface area (Å²) in [4.78, 5) is 34.4. The van der Waals surface area contributed by atoms with Crippen LogP contribution in [0.4, 0.5) is 4.39 Å². The van der Waals surface area contributed by atoms with Crippen LogP contribution >= 0.6 is 0 Å². The molecule has 0 radical (unpaired) electrons. The number of nitrogens with zero attached hydrogens (tertiary/aromatic N) is 5. The Balaban J connectivity index is 1.47. The van der Waals surface area contributed by atoms with Crippen LogP contribution in [0.5, 0.6) is 0 Å². The molecule has 5 rings (SSSR count). The van der Waals surface area contributed by atoms with Crippen LogP contribution in [0.15, 0.2) is 61.1 Å². The first-order valence-corrected chi connectivity index (χ1v) is 11.3. The third-order valence-corrected chi connectivity index (χ3v) is 7.10. The molecule has 2 aromatic heterocycles. The van der Waals surface area contributed by atoms with E-state index in [1.807, 2.05) is 22.9 Å². The Kier molecular flexibility index (Phi) is 5.44. The summed E-state index contributed by atoms with van der Waals surface area (Å²) in [5, 5.41) is 4.16. The minimum absolute atomic E-state index is 0.0922. The van der Waals surface area contributed by atoms with Crippen LogP contribution in [0.1, 0.15) is 47.5 Å². The van der Waals surface area contributed by atoms with Crippen LogP contribution in [0.3, 0.4) is 0 Å².